The van der Waals surface area contributed by atoms with Gasteiger partial charge in [0.2, 0.25) is 0 Å². The van der Waals surface area contributed by atoms with Crippen LogP contribution in [-0.4, -0.2) is 43.3 Å². The van der Waals surface area contributed by atoms with Crippen molar-refractivity contribution in [3.63, 3.8) is 0 Å². The summed E-state index contributed by atoms with van der Waals surface area (Å²) in [6, 6.07) is 0. The average Bonchev–Trinajstić information content (AvgIpc) is 1.37. The van der Waals surface area contributed by atoms with Crippen molar-refractivity contribution in [2.45, 2.75) is 6.92 Å². The Morgan fingerprint density at radius 3 is 1.80 bits per heavy atom. The first kappa shape index (κ1) is 9.35. The zero-order valence-corrected chi connectivity index (χ0v) is 3.12. The Morgan fingerprint density at radius 2 is 1.80 bits per heavy atom. The Hall–Kier alpha value is 0.960. The molecule has 0 amide bonds. The van der Waals surface area contributed by atoms with Gasteiger partial charge in [0.05, 0.1) is 0 Å². The van der Waals surface area contributed by atoms with Crippen LogP contribution in [0.3, 0.4) is 0 Å². The van der Waals surface area contributed by atoms with Crippen LogP contribution in [0.25, 0.3) is 0 Å². The molecule has 0 saturated carbocycles. The van der Waals surface area contributed by atoms with Gasteiger partial charge >= 0.3 is 29.6 Å². The van der Waals surface area contributed by atoms with Crippen LogP contribution in [0.15, 0.2) is 0 Å². The molecule has 0 radical (unpaired) electrons. The summed E-state index contributed by atoms with van der Waals surface area (Å²) in [7, 11) is 1.68. The minimum atomic E-state index is 0. The number of hydrogen-bond donors (Lipinski definition) is 0. The van der Waals surface area contributed by atoms with E-state index in [4.69, 9.17) is 0 Å². The summed E-state index contributed by atoms with van der Waals surface area (Å²) in [6.07, 6.45) is 0. The Morgan fingerprint density at radius 1 is 1.60 bits per heavy atom. The fraction of sp³-hybridized carbons (Fsp3) is 1.00. The average molecular weight is 84.1 g/mol. The second-order valence-corrected chi connectivity index (χ2v) is 0.577. The van der Waals surface area contributed by atoms with E-state index in [0.29, 0.717) is 0 Å². The molecule has 0 fully saturated rings. The number of methoxy groups -OCH3 is 1. The molecule has 5 heavy (non-hydrogen) atoms. The predicted octanol–water partition coefficient (Wildman–Crippen LogP) is 0.00420. The Kier molecular flexibility index (Phi) is 16.6. The molecule has 0 bridgehead atoms. The zero-order valence-electron chi connectivity index (χ0n) is 3.12. The quantitative estimate of drug-likeness (QED) is 0.406. The summed E-state index contributed by atoms with van der Waals surface area (Å²) in [5.74, 6) is 0. The molecule has 0 aromatic heterocycles. The van der Waals surface area contributed by atoms with Crippen LogP contribution < -0.4 is 0 Å². The van der Waals surface area contributed by atoms with Gasteiger partial charge in [-0.05, 0) is 6.92 Å². The van der Waals surface area contributed by atoms with Gasteiger partial charge in [-0.15, -0.1) is 0 Å². The Labute approximate surface area is 55.0 Å². The molecule has 0 unspecified atom stereocenters. The second-order valence-electron chi connectivity index (χ2n) is 0.577. The van der Waals surface area contributed by atoms with E-state index in [1.165, 1.54) is 0 Å². The van der Waals surface area contributed by atoms with Crippen LogP contribution in [0.2, 0.25) is 0 Å². The molecular weight excluding hydrogens is 75.0 g/mol. The first-order valence-corrected chi connectivity index (χ1v) is 1.40. The molecule has 0 rings (SSSR count). The first-order valence-electron chi connectivity index (χ1n) is 1.40. The van der Waals surface area contributed by atoms with Gasteiger partial charge in [0.25, 0.3) is 0 Å². The fourth-order valence-electron chi connectivity index (χ4n) is 0. The van der Waals surface area contributed by atoms with Crippen molar-refractivity contribution >= 4 is 29.6 Å². The molecule has 0 aliphatic heterocycles. The summed E-state index contributed by atoms with van der Waals surface area (Å²) >= 11 is 0. The van der Waals surface area contributed by atoms with E-state index in [1.54, 1.807) is 7.11 Å². The van der Waals surface area contributed by atoms with Gasteiger partial charge in [0.15, 0.2) is 0 Å². The van der Waals surface area contributed by atoms with Gasteiger partial charge in [-0.3, -0.25) is 0 Å². The second kappa shape index (κ2) is 8.88. The summed E-state index contributed by atoms with van der Waals surface area (Å²) in [5.41, 5.74) is 0. The maximum absolute atomic E-state index is 4.54. The first-order chi connectivity index (χ1) is 1.91. The monoisotopic (exact) mass is 84.1 g/mol. The molecule has 1 nitrogen and oxygen atoms in total. The van der Waals surface area contributed by atoms with Crippen molar-refractivity contribution in [1.29, 1.82) is 0 Å². The third kappa shape index (κ3) is 11.3. The molecule has 0 saturated heterocycles. The topological polar surface area (TPSA) is 9.23 Å². The number of hydrogen-bond acceptors (Lipinski definition) is 1. The van der Waals surface area contributed by atoms with E-state index < -0.39 is 0 Å². The minimum absolute atomic E-state index is 0. The van der Waals surface area contributed by atoms with Gasteiger partial charge < -0.3 is 4.74 Å². The maximum atomic E-state index is 4.54. The van der Waals surface area contributed by atoms with Gasteiger partial charge in [-0.2, -0.15) is 0 Å². The van der Waals surface area contributed by atoms with Gasteiger partial charge in [0.1, 0.15) is 0 Å². The van der Waals surface area contributed by atoms with Crippen LogP contribution >= 0.6 is 0 Å². The van der Waals surface area contributed by atoms with E-state index in [0.717, 1.165) is 6.61 Å². The van der Waals surface area contributed by atoms with Gasteiger partial charge in [-0.1, -0.05) is 0 Å². The predicted molar refractivity (Wildman–Crippen MR) is 24.7 cm³/mol. The standard InChI is InChI=1S/C3H8O.Na.H/c1-3-4-2;;/h3H2,1-2H3;;. The number of rotatable bonds is 1. The zero-order chi connectivity index (χ0) is 3.41. The van der Waals surface area contributed by atoms with Gasteiger partial charge in [-0.25, -0.2) is 0 Å². The van der Waals surface area contributed by atoms with Crippen molar-refractivity contribution in [1.82, 2.24) is 0 Å². The van der Waals surface area contributed by atoms with Crippen LogP contribution in [0, 0.1) is 0 Å². The van der Waals surface area contributed by atoms with Crippen LogP contribution in [0.4, 0.5) is 0 Å². The molecule has 0 aromatic carbocycles. The Balaban J connectivity index is 0. The van der Waals surface area contributed by atoms with E-state index in [-0.39, 0.29) is 29.6 Å². The molecule has 0 aliphatic carbocycles. The fourth-order valence-corrected chi connectivity index (χ4v) is 0. The third-order valence-corrected chi connectivity index (χ3v) is 0.289. The molecule has 0 heterocycles. The molecule has 2 heteroatoms. The van der Waals surface area contributed by atoms with Crippen LogP contribution in [-0.2, 0) is 4.74 Å². The Bertz CT molecular complexity index is 8.85. The van der Waals surface area contributed by atoms with Crippen LogP contribution in [0.1, 0.15) is 6.92 Å². The number of ether oxygens (including phenoxy) is 1. The molecule has 0 aromatic rings. The molecule has 0 N–H and O–H groups in total. The van der Waals surface area contributed by atoms with Crippen molar-refractivity contribution in [3.05, 3.63) is 0 Å². The molecule has 0 spiro atoms. The summed E-state index contributed by atoms with van der Waals surface area (Å²) in [6.45, 7) is 2.78. The van der Waals surface area contributed by atoms with Crippen molar-refractivity contribution in [2.75, 3.05) is 13.7 Å². The summed E-state index contributed by atoms with van der Waals surface area (Å²) in [4.78, 5) is 0. The molecule has 0 atom stereocenters. The third-order valence-electron chi connectivity index (χ3n) is 0.289. The van der Waals surface area contributed by atoms with E-state index >= 15 is 0 Å². The SMILES string of the molecule is CCOC.[NaH]. The molecular formula is C3H9NaO. The normalized spacial score (nSPS) is 6.00. The van der Waals surface area contributed by atoms with Crippen molar-refractivity contribution in [2.24, 2.45) is 0 Å². The van der Waals surface area contributed by atoms with Crippen LogP contribution in [0.5, 0.6) is 0 Å². The van der Waals surface area contributed by atoms with E-state index in [9.17, 15) is 0 Å². The van der Waals surface area contributed by atoms with Crippen molar-refractivity contribution in [3.8, 4) is 0 Å². The van der Waals surface area contributed by atoms with Crippen molar-refractivity contribution < 1.29 is 4.74 Å². The molecule has 0 aliphatic rings. The summed E-state index contributed by atoms with van der Waals surface area (Å²) in [5, 5.41) is 0. The molecule has 28 valence electrons. The summed E-state index contributed by atoms with van der Waals surface area (Å²) < 4.78 is 4.54. The van der Waals surface area contributed by atoms with E-state index in [2.05, 4.69) is 4.74 Å². The van der Waals surface area contributed by atoms with Gasteiger partial charge in [0, 0.05) is 13.7 Å². The van der Waals surface area contributed by atoms with E-state index in [1.807, 2.05) is 6.92 Å².